The third kappa shape index (κ3) is 7.60. The molecule has 0 saturated heterocycles. The summed E-state index contributed by atoms with van der Waals surface area (Å²) in [6.45, 7) is -1.11. The lowest BCUT2D eigenvalue weighted by atomic mass is 9.99. The molecule has 0 aromatic heterocycles. The minimum atomic E-state index is -4.88. The highest BCUT2D eigenvalue weighted by Crippen LogP contribution is 2.25. The minimum absolute atomic E-state index is 0.327. The third-order valence-electron chi connectivity index (χ3n) is 3.41. The van der Waals surface area contributed by atoms with Crippen molar-refractivity contribution in [1.29, 1.82) is 0 Å². The van der Waals surface area contributed by atoms with Crippen molar-refractivity contribution in [1.82, 2.24) is 0 Å². The number of hydrogen-bond acceptors (Lipinski definition) is 10. The van der Waals surface area contributed by atoms with E-state index < -0.39 is 47.2 Å². The summed E-state index contributed by atoms with van der Waals surface area (Å²) in [5.41, 5.74) is 0.436. The van der Waals surface area contributed by atoms with Gasteiger partial charge in [0.1, 0.15) is 24.4 Å². The van der Waals surface area contributed by atoms with Gasteiger partial charge < -0.3 is 30.6 Å². The van der Waals surface area contributed by atoms with E-state index in [0.717, 1.165) is 0 Å². The Kier molecular flexibility index (Phi) is 8.30. The molecule has 0 aliphatic heterocycles. The lowest BCUT2D eigenvalue weighted by Crippen LogP contribution is -2.49. The fourth-order valence-corrected chi connectivity index (χ4v) is 2.25. The van der Waals surface area contributed by atoms with E-state index in [0.29, 0.717) is 5.56 Å². The van der Waals surface area contributed by atoms with Crippen molar-refractivity contribution in [3.8, 4) is 11.5 Å². The molecule has 0 amide bonds. The van der Waals surface area contributed by atoms with Gasteiger partial charge in [-0.05, 0) is 17.7 Å². The van der Waals surface area contributed by atoms with Crippen LogP contribution in [0.5, 0.6) is 11.5 Å². The van der Waals surface area contributed by atoms with E-state index in [1.165, 1.54) is 30.4 Å². The molecule has 0 bridgehead atoms. The first-order chi connectivity index (χ1) is 12.4. The van der Waals surface area contributed by atoms with Gasteiger partial charge >= 0.3 is 10.4 Å². The second-order valence-corrected chi connectivity index (χ2v) is 6.62. The summed E-state index contributed by atoms with van der Waals surface area (Å²) in [7, 11) is -4.88. The Morgan fingerprint density at radius 2 is 1.70 bits per heavy atom. The number of aliphatic hydroxyl groups is 4. The number of phenolic OH excluding ortho intramolecular Hbond substituents is 2. The third-order valence-corrected chi connectivity index (χ3v) is 3.85. The molecule has 1 aromatic carbocycles. The van der Waals surface area contributed by atoms with E-state index in [2.05, 4.69) is 4.18 Å². The average molecular weight is 408 g/mol. The number of hydrogen-bond donors (Lipinski definition) is 7. The Balaban J connectivity index is 2.60. The molecule has 0 aliphatic carbocycles. The molecule has 0 aliphatic rings. The molecule has 0 saturated carbocycles. The van der Waals surface area contributed by atoms with Gasteiger partial charge in [-0.25, -0.2) is 4.18 Å². The predicted molar refractivity (Wildman–Crippen MR) is 90.0 cm³/mol. The van der Waals surface area contributed by atoms with E-state index in [4.69, 9.17) is 4.55 Å². The van der Waals surface area contributed by atoms with Crippen molar-refractivity contribution in [2.75, 3.05) is 6.61 Å². The number of rotatable bonds is 10. The standard InChI is InChI=1S/C15H20O11S/c16-9-5-4-8(6-11(9)18)2-1-3-10(17)13(20)15(22)14(21)12(19)7-26-27(23,24)25/h1-2,4-6,12-16,18-22H,3,7H2,(H,23,24,25)/b2-1+/t12-,13+,14-,15-/m1/s1. The first-order valence-electron chi connectivity index (χ1n) is 7.47. The zero-order chi connectivity index (χ0) is 20.8. The summed E-state index contributed by atoms with van der Waals surface area (Å²) in [4.78, 5) is 11.8. The molecule has 152 valence electrons. The van der Waals surface area contributed by atoms with Crippen LogP contribution in [0.1, 0.15) is 12.0 Å². The van der Waals surface area contributed by atoms with E-state index in [1.54, 1.807) is 0 Å². The highest BCUT2D eigenvalue weighted by molar-refractivity contribution is 7.80. The van der Waals surface area contributed by atoms with Crippen molar-refractivity contribution < 1.29 is 52.6 Å². The number of Topliss-reactive ketones (excluding diaryl/α,β-unsaturated/α-hetero) is 1. The molecular weight excluding hydrogens is 388 g/mol. The number of carbonyl (C=O) groups is 1. The van der Waals surface area contributed by atoms with E-state index >= 15 is 0 Å². The summed E-state index contributed by atoms with van der Waals surface area (Å²) >= 11 is 0. The van der Waals surface area contributed by atoms with Crippen molar-refractivity contribution in [2.24, 2.45) is 0 Å². The first kappa shape index (κ1) is 23.0. The maximum absolute atomic E-state index is 11.8. The quantitative estimate of drug-likeness (QED) is 0.172. The van der Waals surface area contributed by atoms with Crippen molar-refractivity contribution in [3.63, 3.8) is 0 Å². The van der Waals surface area contributed by atoms with Gasteiger partial charge in [-0.15, -0.1) is 0 Å². The van der Waals surface area contributed by atoms with Gasteiger partial charge in [0.05, 0.1) is 6.61 Å². The second-order valence-electron chi connectivity index (χ2n) is 5.53. The summed E-state index contributed by atoms with van der Waals surface area (Å²) in [6, 6.07) is 3.88. The topological polar surface area (TPSA) is 202 Å². The molecular formula is C15H20O11S. The Morgan fingerprint density at radius 3 is 2.26 bits per heavy atom. The number of carbonyl (C=O) groups excluding carboxylic acids is 1. The molecule has 12 heteroatoms. The second kappa shape index (κ2) is 9.75. The van der Waals surface area contributed by atoms with Crippen LogP contribution < -0.4 is 0 Å². The molecule has 0 spiro atoms. The van der Waals surface area contributed by atoms with Gasteiger partial charge in [0.15, 0.2) is 17.3 Å². The summed E-state index contributed by atoms with van der Waals surface area (Å²) in [6.07, 6.45) is -6.11. The number of aliphatic hydroxyl groups excluding tert-OH is 4. The molecule has 4 atom stereocenters. The lowest BCUT2D eigenvalue weighted by Gasteiger charge is -2.25. The lowest BCUT2D eigenvalue weighted by molar-refractivity contribution is -0.145. The monoisotopic (exact) mass is 408 g/mol. The summed E-state index contributed by atoms with van der Waals surface area (Å²) in [5, 5.41) is 57.0. The number of ketones is 1. The van der Waals surface area contributed by atoms with Gasteiger partial charge in [-0.2, -0.15) is 8.42 Å². The van der Waals surface area contributed by atoms with Crippen LogP contribution in [0, 0.1) is 0 Å². The number of phenols is 2. The number of aromatic hydroxyl groups is 2. The van der Waals surface area contributed by atoms with Gasteiger partial charge in [-0.3, -0.25) is 9.35 Å². The Bertz CT molecular complexity index is 774. The van der Waals surface area contributed by atoms with Gasteiger partial charge in [0.25, 0.3) is 0 Å². The number of benzene rings is 1. The smallest absolute Gasteiger partial charge is 0.397 e. The van der Waals surface area contributed by atoms with Crippen LogP contribution >= 0.6 is 0 Å². The maximum atomic E-state index is 11.8. The first-order valence-corrected chi connectivity index (χ1v) is 8.84. The van der Waals surface area contributed by atoms with Gasteiger partial charge in [0, 0.05) is 6.42 Å². The van der Waals surface area contributed by atoms with E-state index in [9.17, 15) is 43.9 Å². The summed E-state index contributed by atoms with van der Waals surface area (Å²) < 4.78 is 33.0. The Labute approximate surface area is 154 Å². The predicted octanol–water partition coefficient (Wildman–Crippen LogP) is -1.67. The van der Waals surface area contributed by atoms with Crippen LogP contribution in [0.2, 0.25) is 0 Å². The average Bonchev–Trinajstić information content (AvgIpc) is 2.59. The molecule has 0 heterocycles. The Morgan fingerprint density at radius 1 is 1.07 bits per heavy atom. The zero-order valence-corrected chi connectivity index (χ0v) is 14.6. The fraction of sp³-hybridized carbons (Fsp3) is 0.400. The van der Waals surface area contributed by atoms with E-state index in [-0.39, 0.29) is 17.9 Å². The highest BCUT2D eigenvalue weighted by atomic mass is 32.3. The minimum Gasteiger partial charge on any atom is -0.504 e. The van der Waals surface area contributed by atoms with Gasteiger partial charge in [-0.1, -0.05) is 18.2 Å². The van der Waals surface area contributed by atoms with E-state index in [1.807, 2.05) is 0 Å². The molecule has 0 fully saturated rings. The number of allylic oxidation sites excluding steroid dienone is 1. The molecule has 1 rings (SSSR count). The van der Waals surface area contributed by atoms with Crippen molar-refractivity contribution in [3.05, 3.63) is 29.8 Å². The maximum Gasteiger partial charge on any atom is 0.397 e. The Hall–Kier alpha value is -2.06. The highest BCUT2D eigenvalue weighted by Gasteiger charge is 2.34. The van der Waals surface area contributed by atoms with Crippen LogP contribution in [0.4, 0.5) is 0 Å². The van der Waals surface area contributed by atoms with Crippen LogP contribution in [-0.2, 0) is 19.4 Å². The summed E-state index contributed by atoms with van der Waals surface area (Å²) in [5.74, 6) is -1.63. The molecule has 0 unspecified atom stereocenters. The zero-order valence-electron chi connectivity index (χ0n) is 13.8. The van der Waals surface area contributed by atoms with Crippen molar-refractivity contribution >= 4 is 22.3 Å². The van der Waals surface area contributed by atoms with Crippen LogP contribution in [0.25, 0.3) is 6.08 Å². The fourth-order valence-electron chi connectivity index (χ4n) is 1.94. The van der Waals surface area contributed by atoms with Gasteiger partial charge in [0.2, 0.25) is 0 Å². The molecule has 0 radical (unpaired) electrons. The van der Waals surface area contributed by atoms with Crippen LogP contribution in [0.15, 0.2) is 24.3 Å². The molecule has 7 N–H and O–H groups in total. The molecule has 1 aromatic rings. The largest absolute Gasteiger partial charge is 0.504 e. The van der Waals surface area contributed by atoms with Crippen LogP contribution in [0.3, 0.4) is 0 Å². The normalized spacial score (nSPS) is 16.8. The molecule has 27 heavy (non-hydrogen) atoms. The van der Waals surface area contributed by atoms with Crippen molar-refractivity contribution in [2.45, 2.75) is 30.8 Å². The van der Waals surface area contributed by atoms with Crippen LogP contribution in [-0.4, -0.2) is 80.4 Å². The SMILES string of the molecule is O=C(C/C=C/c1ccc(O)c(O)c1)[C@H](O)[C@@H](O)[C@H](O)[C@H](O)COS(=O)(=O)O. The molecule has 11 nitrogen and oxygen atoms in total.